The first-order valence-corrected chi connectivity index (χ1v) is 11.5. The SMILES string of the molecule is CC(=O)n1c(=O)n(C(=O)C(C)(C)O)c2cc(Cn3cc(Cl)c(OCc4ccc(F)cc4F)nc3=O)ccc21. The number of benzene rings is 2. The quantitative estimate of drug-likeness (QED) is 0.394. The van der Waals surface area contributed by atoms with Gasteiger partial charge in [-0.1, -0.05) is 17.7 Å². The van der Waals surface area contributed by atoms with Crippen LogP contribution in [0.5, 0.6) is 5.88 Å². The van der Waals surface area contributed by atoms with E-state index in [0.29, 0.717) is 16.2 Å². The Morgan fingerprint density at radius 3 is 2.42 bits per heavy atom. The summed E-state index contributed by atoms with van der Waals surface area (Å²) in [6, 6.07) is 7.37. The molecule has 2 aromatic carbocycles. The zero-order valence-electron chi connectivity index (χ0n) is 20.4. The van der Waals surface area contributed by atoms with E-state index >= 15 is 0 Å². The second-order valence-corrected chi connectivity index (χ2v) is 9.40. The lowest BCUT2D eigenvalue weighted by molar-refractivity contribution is 0.0392. The Kier molecular flexibility index (Phi) is 7.04. The molecule has 0 aliphatic carbocycles. The van der Waals surface area contributed by atoms with E-state index in [9.17, 15) is 33.1 Å². The highest BCUT2D eigenvalue weighted by Gasteiger charge is 2.31. The van der Waals surface area contributed by atoms with Gasteiger partial charge in [0.2, 0.25) is 11.8 Å². The van der Waals surface area contributed by atoms with Crippen LogP contribution >= 0.6 is 11.6 Å². The average Bonchev–Trinajstić information content (AvgIpc) is 3.11. The van der Waals surface area contributed by atoms with E-state index in [1.54, 1.807) is 6.07 Å². The fourth-order valence-electron chi connectivity index (χ4n) is 3.76. The standard InChI is InChI=1S/C25H21ClF2N4O6/c1-13(33)31-19-7-4-14(8-20(19)32(24(31)36)22(34)25(2,3)37)10-30-11-17(26)21(29-23(30)35)38-12-15-5-6-16(27)9-18(15)28/h4-9,11,37H,10,12H2,1-3H3. The van der Waals surface area contributed by atoms with Crippen LogP contribution in [0.1, 0.15) is 41.5 Å². The van der Waals surface area contributed by atoms with Crippen LogP contribution in [0.4, 0.5) is 8.78 Å². The maximum Gasteiger partial charge on any atom is 0.351 e. The molecule has 38 heavy (non-hydrogen) atoms. The van der Waals surface area contributed by atoms with Crippen molar-refractivity contribution in [1.82, 2.24) is 18.7 Å². The molecule has 13 heteroatoms. The molecule has 0 aliphatic heterocycles. The topological polar surface area (TPSA) is 125 Å². The number of ether oxygens (including phenoxy) is 1. The monoisotopic (exact) mass is 546 g/mol. The van der Waals surface area contributed by atoms with Gasteiger partial charge in [-0.2, -0.15) is 4.98 Å². The Morgan fingerprint density at radius 2 is 1.79 bits per heavy atom. The first-order chi connectivity index (χ1) is 17.8. The minimum atomic E-state index is -1.91. The summed E-state index contributed by atoms with van der Waals surface area (Å²) in [5.41, 5.74) is -2.93. The molecule has 10 nitrogen and oxygen atoms in total. The zero-order chi connectivity index (χ0) is 27.9. The number of carbonyl (C=O) groups is 2. The first kappa shape index (κ1) is 26.9. The molecule has 0 spiro atoms. The third-order valence-electron chi connectivity index (χ3n) is 5.59. The van der Waals surface area contributed by atoms with Crippen LogP contribution in [-0.2, 0) is 13.2 Å². The van der Waals surface area contributed by atoms with Crippen LogP contribution < -0.4 is 16.1 Å². The summed E-state index contributed by atoms with van der Waals surface area (Å²) in [6.45, 7) is 3.14. The Hall–Kier alpha value is -4.16. The van der Waals surface area contributed by atoms with Gasteiger partial charge in [0.05, 0.1) is 17.6 Å². The fourth-order valence-corrected chi connectivity index (χ4v) is 3.98. The van der Waals surface area contributed by atoms with E-state index in [0.717, 1.165) is 22.1 Å². The van der Waals surface area contributed by atoms with Crippen molar-refractivity contribution in [3.8, 4) is 5.88 Å². The molecule has 0 atom stereocenters. The van der Waals surface area contributed by atoms with Crippen molar-refractivity contribution in [2.45, 2.75) is 39.5 Å². The summed E-state index contributed by atoms with van der Waals surface area (Å²) < 4.78 is 34.9. The van der Waals surface area contributed by atoms with Gasteiger partial charge in [-0.3, -0.25) is 14.2 Å². The van der Waals surface area contributed by atoms with Gasteiger partial charge in [0, 0.05) is 24.8 Å². The Bertz CT molecular complexity index is 1720. The highest BCUT2D eigenvalue weighted by Crippen LogP contribution is 2.23. The molecule has 0 bridgehead atoms. The van der Waals surface area contributed by atoms with E-state index in [1.807, 2.05) is 0 Å². The number of fused-ring (bicyclic) bond motifs is 1. The van der Waals surface area contributed by atoms with Gasteiger partial charge in [-0.25, -0.2) is 27.5 Å². The molecule has 1 N–H and O–H groups in total. The van der Waals surface area contributed by atoms with Crippen molar-refractivity contribution in [2.75, 3.05) is 0 Å². The van der Waals surface area contributed by atoms with Gasteiger partial charge in [0.1, 0.15) is 28.9 Å². The number of hydrogen-bond acceptors (Lipinski definition) is 7. The van der Waals surface area contributed by atoms with Gasteiger partial charge in [-0.05, 0) is 43.7 Å². The lowest BCUT2D eigenvalue weighted by atomic mass is 10.1. The second kappa shape index (κ2) is 9.95. The molecule has 198 valence electrons. The number of hydrogen-bond donors (Lipinski definition) is 1. The highest BCUT2D eigenvalue weighted by molar-refractivity contribution is 6.31. The minimum Gasteiger partial charge on any atom is -0.471 e. The molecule has 0 unspecified atom stereocenters. The average molecular weight is 547 g/mol. The van der Waals surface area contributed by atoms with Gasteiger partial charge in [0.25, 0.3) is 5.91 Å². The zero-order valence-corrected chi connectivity index (χ0v) is 21.1. The number of imidazole rings is 1. The second-order valence-electron chi connectivity index (χ2n) is 8.99. The summed E-state index contributed by atoms with van der Waals surface area (Å²) in [7, 11) is 0. The molecule has 0 amide bonds. The number of halogens is 3. The van der Waals surface area contributed by atoms with E-state index in [1.165, 1.54) is 38.2 Å². The molecule has 0 saturated carbocycles. The largest absolute Gasteiger partial charge is 0.471 e. The molecule has 4 aromatic rings. The van der Waals surface area contributed by atoms with Gasteiger partial charge in [0.15, 0.2) is 0 Å². The van der Waals surface area contributed by atoms with E-state index in [4.69, 9.17) is 16.3 Å². The predicted molar refractivity (Wildman–Crippen MR) is 133 cm³/mol. The molecular formula is C25H21ClF2N4O6. The molecule has 2 aromatic heterocycles. The Balaban J connectivity index is 1.67. The summed E-state index contributed by atoms with van der Waals surface area (Å²) in [6.07, 6.45) is 1.24. The van der Waals surface area contributed by atoms with Gasteiger partial charge in [-0.15, -0.1) is 0 Å². The summed E-state index contributed by atoms with van der Waals surface area (Å²) in [5, 5.41) is 10.1. The summed E-state index contributed by atoms with van der Waals surface area (Å²) in [4.78, 5) is 54.2. The van der Waals surface area contributed by atoms with Crippen molar-refractivity contribution in [1.29, 1.82) is 0 Å². The van der Waals surface area contributed by atoms with Crippen LogP contribution in [0.2, 0.25) is 5.02 Å². The smallest absolute Gasteiger partial charge is 0.351 e. The van der Waals surface area contributed by atoms with Crippen molar-refractivity contribution in [3.63, 3.8) is 0 Å². The number of nitrogens with zero attached hydrogens (tertiary/aromatic N) is 4. The van der Waals surface area contributed by atoms with Crippen molar-refractivity contribution in [2.24, 2.45) is 0 Å². The molecule has 4 rings (SSSR count). The molecular weight excluding hydrogens is 526 g/mol. The lowest BCUT2D eigenvalue weighted by Gasteiger charge is -2.15. The van der Waals surface area contributed by atoms with Gasteiger partial charge < -0.3 is 9.84 Å². The van der Waals surface area contributed by atoms with E-state index < -0.39 is 40.4 Å². The molecule has 2 heterocycles. The van der Waals surface area contributed by atoms with Crippen molar-refractivity contribution < 1.29 is 28.2 Å². The molecule has 0 aliphatic rings. The first-order valence-electron chi connectivity index (χ1n) is 11.2. The van der Waals surface area contributed by atoms with E-state index in [2.05, 4.69) is 4.98 Å². The van der Waals surface area contributed by atoms with Crippen LogP contribution in [0.3, 0.4) is 0 Å². The van der Waals surface area contributed by atoms with E-state index in [-0.39, 0.29) is 40.7 Å². The fraction of sp³-hybridized carbons (Fsp3) is 0.240. The Morgan fingerprint density at radius 1 is 1.08 bits per heavy atom. The van der Waals surface area contributed by atoms with Gasteiger partial charge >= 0.3 is 11.4 Å². The molecule has 0 radical (unpaired) electrons. The van der Waals surface area contributed by atoms with Crippen molar-refractivity contribution in [3.05, 3.63) is 91.3 Å². The van der Waals surface area contributed by atoms with Crippen molar-refractivity contribution >= 4 is 34.4 Å². The summed E-state index contributed by atoms with van der Waals surface area (Å²) in [5.74, 6) is -3.40. The summed E-state index contributed by atoms with van der Waals surface area (Å²) >= 11 is 6.21. The number of aromatic nitrogens is 4. The minimum absolute atomic E-state index is 0.0332. The number of aliphatic hydroxyl groups is 1. The van der Waals surface area contributed by atoms with Crippen LogP contribution in [-0.4, -0.2) is 41.2 Å². The van der Waals surface area contributed by atoms with Crippen LogP contribution in [0, 0.1) is 11.6 Å². The third kappa shape index (κ3) is 5.13. The highest BCUT2D eigenvalue weighted by atomic mass is 35.5. The normalized spacial score (nSPS) is 11.7. The molecule has 0 fully saturated rings. The third-order valence-corrected chi connectivity index (χ3v) is 5.85. The maximum atomic E-state index is 13.8. The van der Waals surface area contributed by atoms with Crippen LogP contribution in [0.25, 0.3) is 11.0 Å². The number of rotatable bonds is 6. The van der Waals surface area contributed by atoms with Crippen LogP contribution in [0.15, 0.2) is 52.2 Å². The lowest BCUT2D eigenvalue weighted by Crippen LogP contribution is -2.42. The number of carbonyl (C=O) groups excluding carboxylic acids is 2. The predicted octanol–water partition coefficient (Wildman–Crippen LogP) is 2.99. The molecule has 0 saturated heterocycles. The Labute approximate surface area is 218 Å². The maximum absolute atomic E-state index is 13.8.